The van der Waals surface area contributed by atoms with E-state index in [2.05, 4.69) is 9.97 Å². The molecule has 7 heteroatoms. The third-order valence-corrected chi connectivity index (χ3v) is 4.44. The van der Waals surface area contributed by atoms with Crippen LogP contribution >= 0.6 is 0 Å². The van der Waals surface area contributed by atoms with E-state index in [1.165, 1.54) is 6.26 Å². The Morgan fingerprint density at radius 2 is 1.87 bits per heavy atom. The maximum absolute atomic E-state index is 11.7. The summed E-state index contributed by atoms with van der Waals surface area (Å²) in [4.78, 5) is 8.91. The largest absolute Gasteiger partial charge is 0.481 e. The fourth-order valence-corrected chi connectivity index (χ4v) is 2.75. The predicted molar refractivity (Wildman–Crippen MR) is 87.7 cm³/mol. The molecule has 2 aromatic heterocycles. The van der Waals surface area contributed by atoms with Crippen LogP contribution in [0.3, 0.4) is 0 Å². The second kappa shape index (κ2) is 5.85. The fourth-order valence-electron chi connectivity index (χ4n) is 2.09. The van der Waals surface area contributed by atoms with Gasteiger partial charge in [0.25, 0.3) is 0 Å². The first-order valence-electron chi connectivity index (χ1n) is 6.78. The molecule has 0 fully saturated rings. The standard InChI is InChI=1S/C16H15N3O3S/c1-21-16-9-14-13(10-19-16)15(7-8-18-14)22-11-3-5-12(6-4-11)23(2,17)20/h3-10,17H,1-2H3. The Labute approximate surface area is 134 Å². The number of aromatic nitrogens is 2. The van der Waals surface area contributed by atoms with Gasteiger partial charge in [0.2, 0.25) is 5.88 Å². The minimum Gasteiger partial charge on any atom is -0.481 e. The van der Waals surface area contributed by atoms with Gasteiger partial charge in [0.05, 0.1) is 27.7 Å². The van der Waals surface area contributed by atoms with Gasteiger partial charge in [0, 0.05) is 29.6 Å². The van der Waals surface area contributed by atoms with E-state index < -0.39 is 9.73 Å². The van der Waals surface area contributed by atoms with E-state index in [0.717, 1.165) is 5.39 Å². The molecule has 23 heavy (non-hydrogen) atoms. The van der Waals surface area contributed by atoms with Crippen molar-refractivity contribution in [3.05, 3.63) is 48.8 Å². The number of rotatable bonds is 4. The molecule has 6 nitrogen and oxygen atoms in total. The van der Waals surface area contributed by atoms with Crippen LogP contribution in [-0.4, -0.2) is 27.5 Å². The van der Waals surface area contributed by atoms with Crippen LogP contribution in [0.4, 0.5) is 0 Å². The van der Waals surface area contributed by atoms with Crippen LogP contribution in [0.2, 0.25) is 0 Å². The summed E-state index contributed by atoms with van der Waals surface area (Å²) in [5, 5.41) is 0.761. The van der Waals surface area contributed by atoms with Gasteiger partial charge in [-0.25, -0.2) is 14.0 Å². The molecule has 0 aliphatic heterocycles. The predicted octanol–water partition coefficient (Wildman–Crippen LogP) is 3.47. The van der Waals surface area contributed by atoms with Crippen molar-refractivity contribution in [3.8, 4) is 17.4 Å². The van der Waals surface area contributed by atoms with Crippen LogP contribution in [-0.2, 0) is 9.73 Å². The number of fused-ring (bicyclic) bond motifs is 1. The van der Waals surface area contributed by atoms with Gasteiger partial charge < -0.3 is 9.47 Å². The Balaban J connectivity index is 1.95. The lowest BCUT2D eigenvalue weighted by Gasteiger charge is -2.09. The number of hydrogen-bond donors (Lipinski definition) is 1. The number of nitrogens with zero attached hydrogens (tertiary/aromatic N) is 2. The van der Waals surface area contributed by atoms with Crippen LogP contribution in [0.15, 0.2) is 53.7 Å². The Hall–Kier alpha value is -2.67. The fraction of sp³-hybridized carbons (Fsp3) is 0.125. The van der Waals surface area contributed by atoms with Crippen molar-refractivity contribution < 1.29 is 13.7 Å². The molecule has 0 saturated heterocycles. The molecular formula is C16H15N3O3S. The van der Waals surface area contributed by atoms with E-state index in [4.69, 9.17) is 14.3 Å². The minimum atomic E-state index is -2.72. The molecule has 0 aliphatic rings. The molecule has 0 saturated carbocycles. The molecule has 0 spiro atoms. The van der Waals surface area contributed by atoms with Crippen molar-refractivity contribution in [2.45, 2.75) is 4.90 Å². The first kappa shape index (κ1) is 15.2. The monoisotopic (exact) mass is 329 g/mol. The van der Waals surface area contributed by atoms with Gasteiger partial charge in [-0.05, 0) is 30.3 Å². The molecule has 3 rings (SSSR count). The van der Waals surface area contributed by atoms with E-state index in [1.54, 1.807) is 55.9 Å². The quantitative estimate of drug-likeness (QED) is 0.792. The lowest BCUT2D eigenvalue weighted by Crippen LogP contribution is -1.95. The van der Waals surface area contributed by atoms with Gasteiger partial charge in [0.15, 0.2) is 0 Å². The summed E-state index contributed by atoms with van der Waals surface area (Å²) >= 11 is 0. The van der Waals surface area contributed by atoms with E-state index in [9.17, 15) is 4.21 Å². The maximum Gasteiger partial charge on any atom is 0.215 e. The minimum absolute atomic E-state index is 0.468. The number of ether oxygens (including phenoxy) is 2. The highest BCUT2D eigenvalue weighted by Crippen LogP contribution is 2.30. The zero-order valence-corrected chi connectivity index (χ0v) is 13.5. The van der Waals surface area contributed by atoms with Crippen molar-refractivity contribution in [2.24, 2.45) is 0 Å². The Morgan fingerprint density at radius 1 is 1.13 bits per heavy atom. The highest BCUT2D eigenvalue weighted by Gasteiger charge is 2.08. The van der Waals surface area contributed by atoms with Crippen molar-refractivity contribution in [2.75, 3.05) is 13.4 Å². The van der Waals surface area contributed by atoms with E-state index in [-0.39, 0.29) is 0 Å². The average molecular weight is 329 g/mol. The van der Waals surface area contributed by atoms with Gasteiger partial charge in [-0.15, -0.1) is 0 Å². The topological polar surface area (TPSA) is 85.2 Å². The molecular weight excluding hydrogens is 314 g/mol. The SMILES string of the molecule is COc1cc2nccc(Oc3ccc(S(C)(=N)=O)cc3)c2cn1. The Bertz CT molecular complexity index is 954. The molecule has 1 N–H and O–H groups in total. The molecule has 0 radical (unpaired) electrons. The number of nitrogens with one attached hydrogen (secondary N) is 1. The molecule has 0 amide bonds. The van der Waals surface area contributed by atoms with Gasteiger partial charge in [-0.2, -0.15) is 0 Å². The molecule has 1 aromatic carbocycles. The summed E-state index contributed by atoms with van der Waals surface area (Å²) in [7, 11) is -1.17. The summed E-state index contributed by atoms with van der Waals surface area (Å²) in [5.74, 6) is 1.68. The highest BCUT2D eigenvalue weighted by atomic mass is 32.2. The summed E-state index contributed by atoms with van der Waals surface area (Å²) in [6.07, 6.45) is 4.68. The van der Waals surface area contributed by atoms with Gasteiger partial charge >= 0.3 is 0 Å². The maximum atomic E-state index is 11.7. The van der Waals surface area contributed by atoms with Crippen LogP contribution in [0.5, 0.6) is 17.4 Å². The number of benzene rings is 1. The van der Waals surface area contributed by atoms with Crippen molar-refractivity contribution >= 4 is 20.6 Å². The summed E-state index contributed by atoms with van der Waals surface area (Å²) < 4.78 is 30.2. The molecule has 1 unspecified atom stereocenters. The third-order valence-electron chi connectivity index (χ3n) is 3.27. The normalized spacial score (nSPS) is 13.5. The highest BCUT2D eigenvalue weighted by molar-refractivity contribution is 7.91. The molecule has 3 aromatic rings. The third kappa shape index (κ3) is 3.24. The van der Waals surface area contributed by atoms with Crippen molar-refractivity contribution in [1.82, 2.24) is 9.97 Å². The number of pyridine rings is 2. The van der Waals surface area contributed by atoms with Gasteiger partial charge in [-0.1, -0.05) is 0 Å². The molecule has 2 heterocycles. The van der Waals surface area contributed by atoms with Gasteiger partial charge in [-0.3, -0.25) is 4.98 Å². The average Bonchev–Trinajstić information content (AvgIpc) is 2.54. The molecule has 118 valence electrons. The summed E-state index contributed by atoms with van der Waals surface area (Å²) in [5.41, 5.74) is 0.716. The van der Waals surface area contributed by atoms with E-state index >= 15 is 0 Å². The number of hydrogen-bond acceptors (Lipinski definition) is 6. The van der Waals surface area contributed by atoms with Crippen LogP contribution in [0.25, 0.3) is 10.9 Å². The lowest BCUT2D eigenvalue weighted by atomic mass is 10.2. The van der Waals surface area contributed by atoms with Crippen molar-refractivity contribution in [3.63, 3.8) is 0 Å². The van der Waals surface area contributed by atoms with Crippen LogP contribution in [0.1, 0.15) is 0 Å². The second-order valence-electron chi connectivity index (χ2n) is 4.97. The first-order valence-corrected chi connectivity index (χ1v) is 8.74. The van der Waals surface area contributed by atoms with Gasteiger partial charge in [0.1, 0.15) is 11.5 Å². The van der Waals surface area contributed by atoms with Crippen LogP contribution < -0.4 is 9.47 Å². The zero-order chi connectivity index (χ0) is 16.4. The number of methoxy groups -OCH3 is 1. The smallest absolute Gasteiger partial charge is 0.215 e. The molecule has 1 atom stereocenters. The lowest BCUT2D eigenvalue weighted by molar-refractivity contribution is 0.398. The molecule has 0 bridgehead atoms. The molecule has 0 aliphatic carbocycles. The first-order chi connectivity index (χ1) is 11.0. The Kier molecular flexibility index (Phi) is 3.87. The van der Waals surface area contributed by atoms with E-state index in [1.807, 2.05) is 0 Å². The second-order valence-corrected chi connectivity index (χ2v) is 7.13. The van der Waals surface area contributed by atoms with Crippen molar-refractivity contribution in [1.29, 1.82) is 4.78 Å². The summed E-state index contributed by atoms with van der Waals surface area (Å²) in [6.45, 7) is 0. The van der Waals surface area contributed by atoms with Crippen LogP contribution in [0, 0.1) is 4.78 Å². The summed E-state index contributed by atoms with van der Waals surface area (Å²) in [6, 6.07) is 10.1. The Morgan fingerprint density at radius 3 is 2.52 bits per heavy atom. The van der Waals surface area contributed by atoms with E-state index in [0.29, 0.717) is 27.8 Å². The zero-order valence-electron chi connectivity index (χ0n) is 12.6.